The van der Waals surface area contributed by atoms with Crippen molar-refractivity contribution in [3.8, 4) is 11.5 Å². The summed E-state index contributed by atoms with van der Waals surface area (Å²) in [6.45, 7) is 7.44. The number of rotatable bonds is 9. The van der Waals surface area contributed by atoms with Crippen LogP contribution in [-0.2, 0) is 23.3 Å². The summed E-state index contributed by atoms with van der Waals surface area (Å²) in [7, 11) is 0. The van der Waals surface area contributed by atoms with Gasteiger partial charge in [-0.1, -0.05) is 18.2 Å². The van der Waals surface area contributed by atoms with E-state index in [-0.39, 0.29) is 39.7 Å². The Morgan fingerprint density at radius 1 is 1.00 bits per heavy atom. The summed E-state index contributed by atoms with van der Waals surface area (Å²) in [6, 6.07) is 12.1. The van der Waals surface area contributed by atoms with Gasteiger partial charge in [-0.25, -0.2) is 0 Å². The van der Waals surface area contributed by atoms with Crippen LogP contribution in [0.1, 0.15) is 29.8 Å². The van der Waals surface area contributed by atoms with E-state index >= 15 is 0 Å². The second-order valence-corrected chi connectivity index (χ2v) is 5.94. The van der Waals surface area contributed by atoms with E-state index < -0.39 is 0 Å². The zero-order chi connectivity index (χ0) is 18.9. The molecule has 0 spiro atoms. The van der Waals surface area contributed by atoms with Gasteiger partial charge in [0, 0.05) is 66.8 Å². The maximum Gasteiger partial charge on any atom is 0.255 e. The van der Waals surface area contributed by atoms with E-state index in [4.69, 9.17) is 0 Å². The van der Waals surface area contributed by atoms with Crippen LogP contribution in [0.4, 0.5) is 5.69 Å². The zero-order valence-electron chi connectivity index (χ0n) is 15.7. The molecule has 0 saturated heterocycles. The fourth-order valence-electron chi connectivity index (χ4n) is 2.74. The topological polar surface area (TPSA) is 84.8 Å². The van der Waals surface area contributed by atoms with Crippen molar-refractivity contribution in [2.24, 2.45) is 0 Å². The van der Waals surface area contributed by atoms with E-state index in [1.807, 2.05) is 12.1 Å². The van der Waals surface area contributed by atoms with E-state index in [1.54, 1.807) is 24.3 Å². The molecule has 0 unspecified atom stereocenters. The summed E-state index contributed by atoms with van der Waals surface area (Å²) in [5, 5.41) is 25.8. The fourth-order valence-corrected chi connectivity index (χ4v) is 2.74. The molecule has 0 aromatic heterocycles. The summed E-state index contributed by atoms with van der Waals surface area (Å²) in [4.78, 5) is 14.1. The number of phenolic OH excluding ortho intramolecular Hbond substituents is 2. The SMILES string of the molecule is CCN(CC)c1ccc(CNCCNC(=O)c2ccccc2O)c(O)c1.[Co]. The Bertz CT molecular complexity index is 736. The first-order chi connectivity index (χ1) is 12.6. The predicted molar refractivity (Wildman–Crippen MR) is 104 cm³/mol. The molecule has 7 heteroatoms. The van der Waals surface area contributed by atoms with Crippen LogP contribution in [0.2, 0.25) is 0 Å². The van der Waals surface area contributed by atoms with Crippen molar-refractivity contribution in [3.05, 3.63) is 53.6 Å². The van der Waals surface area contributed by atoms with Crippen molar-refractivity contribution in [1.82, 2.24) is 10.6 Å². The van der Waals surface area contributed by atoms with Gasteiger partial charge in [-0.2, -0.15) is 0 Å². The number of carbonyl (C=O) groups is 1. The number of amides is 1. The van der Waals surface area contributed by atoms with E-state index in [2.05, 4.69) is 29.4 Å². The van der Waals surface area contributed by atoms with Gasteiger partial charge in [0.05, 0.1) is 5.56 Å². The molecule has 2 aromatic carbocycles. The van der Waals surface area contributed by atoms with Crippen LogP contribution in [0.15, 0.2) is 42.5 Å². The van der Waals surface area contributed by atoms with Gasteiger partial charge >= 0.3 is 0 Å². The van der Waals surface area contributed by atoms with Gasteiger partial charge in [-0.3, -0.25) is 4.79 Å². The minimum Gasteiger partial charge on any atom is -0.508 e. The summed E-state index contributed by atoms with van der Waals surface area (Å²) >= 11 is 0. The first-order valence-electron chi connectivity index (χ1n) is 8.90. The molecule has 0 saturated carbocycles. The van der Waals surface area contributed by atoms with E-state index in [0.717, 1.165) is 24.3 Å². The normalized spacial score (nSPS) is 10.1. The number of nitrogens with zero attached hydrogens (tertiary/aromatic N) is 1. The molecule has 4 N–H and O–H groups in total. The number of aromatic hydroxyl groups is 2. The standard InChI is InChI=1S/C20H27N3O3.Co/c1-3-23(4-2)16-10-9-15(19(25)13-16)14-21-11-12-22-20(26)17-7-5-6-8-18(17)24;/h5-10,13,21,24-25H,3-4,11-12,14H2,1-2H3,(H,22,26);. The second-order valence-electron chi connectivity index (χ2n) is 5.94. The van der Waals surface area contributed by atoms with E-state index in [1.165, 1.54) is 6.07 Å². The van der Waals surface area contributed by atoms with Crippen LogP contribution in [0.25, 0.3) is 0 Å². The monoisotopic (exact) mass is 416 g/mol. The number of para-hydroxylation sites is 1. The molecule has 0 aliphatic rings. The molecule has 27 heavy (non-hydrogen) atoms. The summed E-state index contributed by atoms with van der Waals surface area (Å²) < 4.78 is 0. The Balaban J connectivity index is 0.00000364. The molecule has 0 atom stereocenters. The molecular weight excluding hydrogens is 389 g/mol. The van der Waals surface area contributed by atoms with Crippen LogP contribution in [0.3, 0.4) is 0 Å². The van der Waals surface area contributed by atoms with Gasteiger partial charge in [0.15, 0.2) is 0 Å². The number of nitrogens with one attached hydrogen (secondary N) is 2. The van der Waals surface area contributed by atoms with Crippen LogP contribution >= 0.6 is 0 Å². The number of hydrogen-bond acceptors (Lipinski definition) is 5. The molecule has 1 amide bonds. The zero-order valence-corrected chi connectivity index (χ0v) is 16.7. The molecular formula is C20H27CoN3O3. The van der Waals surface area contributed by atoms with Gasteiger partial charge in [0.1, 0.15) is 11.5 Å². The first kappa shape index (κ1) is 22.8. The molecule has 0 aliphatic heterocycles. The Kier molecular flexibility index (Phi) is 9.70. The van der Waals surface area contributed by atoms with Gasteiger partial charge < -0.3 is 25.7 Å². The molecule has 2 rings (SSSR count). The van der Waals surface area contributed by atoms with E-state index in [9.17, 15) is 15.0 Å². The second kappa shape index (κ2) is 11.5. The summed E-state index contributed by atoms with van der Waals surface area (Å²) in [5.41, 5.74) is 2.08. The molecule has 2 aromatic rings. The number of benzene rings is 2. The molecule has 0 aliphatic carbocycles. The summed E-state index contributed by atoms with van der Waals surface area (Å²) in [5.74, 6) is -0.0763. The Morgan fingerprint density at radius 3 is 2.33 bits per heavy atom. The van der Waals surface area contributed by atoms with Crippen molar-refractivity contribution in [3.63, 3.8) is 0 Å². The molecule has 0 bridgehead atoms. The minimum absolute atomic E-state index is 0. The van der Waals surface area contributed by atoms with Crippen molar-refractivity contribution in [2.45, 2.75) is 20.4 Å². The molecule has 0 heterocycles. The quantitative estimate of drug-likeness (QED) is 0.472. The van der Waals surface area contributed by atoms with Crippen LogP contribution in [-0.4, -0.2) is 42.3 Å². The Morgan fingerprint density at radius 2 is 1.70 bits per heavy atom. The Labute approximate surface area is 170 Å². The van der Waals surface area contributed by atoms with Crippen LogP contribution < -0.4 is 15.5 Å². The van der Waals surface area contributed by atoms with Crippen LogP contribution in [0.5, 0.6) is 11.5 Å². The largest absolute Gasteiger partial charge is 0.508 e. The molecule has 6 nitrogen and oxygen atoms in total. The molecule has 149 valence electrons. The summed E-state index contributed by atoms with van der Waals surface area (Å²) in [6.07, 6.45) is 0. The third-order valence-corrected chi connectivity index (χ3v) is 4.25. The first-order valence-corrected chi connectivity index (χ1v) is 8.90. The smallest absolute Gasteiger partial charge is 0.255 e. The number of anilines is 1. The molecule has 1 radical (unpaired) electrons. The maximum absolute atomic E-state index is 12.0. The van der Waals surface area contributed by atoms with Gasteiger partial charge in [-0.15, -0.1) is 0 Å². The van der Waals surface area contributed by atoms with Crippen LogP contribution in [0, 0.1) is 0 Å². The van der Waals surface area contributed by atoms with Crippen molar-refractivity contribution >= 4 is 11.6 Å². The number of carbonyl (C=O) groups excluding carboxylic acids is 1. The van der Waals surface area contributed by atoms with Crippen molar-refractivity contribution < 1.29 is 31.8 Å². The number of phenols is 2. The average molecular weight is 416 g/mol. The van der Waals surface area contributed by atoms with Crippen molar-refractivity contribution in [2.75, 3.05) is 31.1 Å². The third kappa shape index (κ3) is 6.46. The predicted octanol–water partition coefficient (Wildman–Crippen LogP) is 2.46. The average Bonchev–Trinajstić information content (AvgIpc) is 2.64. The van der Waals surface area contributed by atoms with Gasteiger partial charge in [0.25, 0.3) is 5.91 Å². The maximum atomic E-state index is 12.0. The minimum atomic E-state index is -0.309. The van der Waals surface area contributed by atoms with Gasteiger partial charge in [-0.05, 0) is 32.0 Å². The van der Waals surface area contributed by atoms with Crippen molar-refractivity contribution in [1.29, 1.82) is 0 Å². The fraction of sp³-hybridized carbons (Fsp3) is 0.350. The van der Waals surface area contributed by atoms with E-state index in [0.29, 0.717) is 19.6 Å². The van der Waals surface area contributed by atoms with Gasteiger partial charge in [0.2, 0.25) is 0 Å². The Hall–Kier alpha value is -2.22. The third-order valence-electron chi connectivity index (χ3n) is 4.25. The number of hydrogen-bond donors (Lipinski definition) is 4. The molecule has 0 fully saturated rings.